The molecule has 2 heterocycles. The molecule has 4 amide bonds. The van der Waals surface area contributed by atoms with E-state index in [1.54, 1.807) is 6.92 Å². The van der Waals surface area contributed by atoms with Crippen LogP contribution in [0, 0.1) is 0 Å². The van der Waals surface area contributed by atoms with Crippen LogP contribution >= 0.6 is 0 Å². The topological polar surface area (TPSA) is 102 Å². The molecule has 0 aromatic heterocycles. The molecule has 2 saturated heterocycles. The summed E-state index contributed by atoms with van der Waals surface area (Å²) >= 11 is 0. The maximum atomic E-state index is 11.8. The first-order valence-electron chi connectivity index (χ1n) is 5.92. The summed E-state index contributed by atoms with van der Waals surface area (Å²) in [7, 11) is 0. The fourth-order valence-electron chi connectivity index (χ4n) is 2.23. The van der Waals surface area contributed by atoms with Crippen molar-refractivity contribution in [3.63, 3.8) is 0 Å². The van der Waals surface area contributed by atoms with Gasteiger partial charge in [0, 0.05) is 13.0 Å². The van der Waals surface area contributed by atoms with Crippen LogP contribution in [0.15, 0.2) is 0 Å². The molecule has 2 rings (SSSR count). The zero-order chi connectivity index (χ0) is 13.3. The van der Waals surface area contributed by atoms with Gasteiger partial charge in [-0.2, -0.15) is 0 Å². The minimum Gasteiger partial charge on any atom is -0.309 e. The van der Waals surface area contributed by atoms with Crippen LogP contribution in [0.4, 0.5) is 4.79 Å². The Morgan fingerprint density at radius 1 is 1.39 bits per heavy atom. The van der Waals surface area contributed by atoms with E-state index in [4.69, 9.17) is 0 Å². The number of carbonyl (C=O) groups excluding carboxylic acids is 3. The van der Waals surface area contributed by atoms with Crippen molar-refractivity contribution in [2.45, 2.75) is 38.3 Å². The summed E-state index contributed by atoms with van der Waals surface area (Å²) in [6, 6.07) is -1.42. The first kappa shape index (κ1) is 12.6. The van der Waals surface area contributed by atoms with Crippen LogP contribution in [0.5, 0.6) is 0 Å². The molecular weight excluding hydrogens is 240 g/mol. The predicted molar refractivity (Wildman–Crippen MR) is 59.1 cm³/mol. The third-order valence-corrected chi connectivity index (χ3v) is 3.29. The van der Waals surface area contributed by atoms with Crippen LogP contribution in [0.3, 0.4) is 0 Å². The van der Waals surface area contributed by atoms with E-state index in [0.717, 1.165) is 0 Å². The molecule has 0 aromatic rings. The fourth-order valence-corrected chi connectivity index (χ4v) is 2.23. The van der Waals surface area contributed by atoms with Gasteiger partial charge >= 0.3 is 6.03 Å². The Hall–Kier alpha value is -1.83. The number of piperidine rings is 1. The van der Waals surface area contributed by atoms with Crippen LogP contribution < -0.4 is 10.9 Å². The molecule has 0 aliphatic carbocycles. The van der Waals surface area contributed by atoms with Gasteiger partial charge in [0.15, 0.2) is 0 Å². The summed E-state index contributed by atoms with van der Waals surface area (Å²) in [6.45, 7) is 2.01. The first-order chi connectivity index (χ1) is 8.54. The third-order valence-electron chi connectivity index (χ3n) is 3.29. The number of hydrogen-bond acceptors (Lipinski definition) is 4. The lowest BCUT2D eigenvalue weighted by Crippen LogP contribution is -2.54. The fraction of sp³-hybridized carbons (Fsp3) is 0.700. The Balaban J connectivity index is 1.95. The van der Waals surface area contributed by atoms with Crippen LogP contribution in [-0.2, 0) is 9.59 Å². The first-order valence-corrected chi connectivity index (χ1v) is 5.92. The number of nitrogens with one attached hydrogen (secondary N) is 2. The molecule has 2 aliphatic heterocycles. The number of urea groups is 1. The number of hydrazine groups is 1. The van der Waals surface area contributed by atoms with E-state index in [1.165, 1.54) is 4.90 Å². The molecule has 18 heavy (non-hydrogen) atoms. The largest absolute Gasteiger partial charge is 0.344 e. The molecule has 0 aromatic carbocycles. The Bertz CT molecular complexity index is 386. The number of rotatable bonds is 2. The van der Waals surface area contributed by atoms with E-state index in [0.29, 0.717) is 24.4 Å². The van der Waals surface area contributed by atoms with Crippen molar-refractivity contribution in [3.8, 4) is 0 Å². The standard InChI is InChI=1S/C10H16N4O4/c1-2-8(15)11-12-9(16)7-4-3-6-5-13(7)10(17)14(6)18/h6-7,18H,2-5H2,1H3,(H,11,15)(H,12,16). The lowest BCUT2D eigenvalue weighted by molar-refractivity contribution is -0.131. The van der Waals surface area contributed by atoms with Gasteiger partial charge in [-0.15, -0.1) is 0 Å². The van der Waals surface area contributed by atoms with Crippen molar-refractivity contribution >= 4 is 17.8 Å². The molecule has 2 aliphatic rings. The van der Waals surface area contributed by atoms with E-state index in [1.807, 2.05) is 0 Å². The van der Waals surface area contributed by atoms with Gasteiger partial charge in [0.1, 0.15) is 6.04 Å². The van der Waals surface area contributed by atoms with Crippen molar-refractivity contribution < 1.29 is 19.6 Å². The normalized spacial score (nSPS) is 26.2. The minimum absolute atomic E-state index is 0.230. The Labute approximate surface area is 104 Å². The molecule has 8 nitrogen and oxygen atoms in total. The monoisotopic (exact) mass is 256 g/mol. The number of fused-ring (bicyclic) bond motifs is 2. The zero-order valence-electron chi connectivity index (χ0n) is 10.0. The molecule has 2 atom stereocenters. The highest BCUT2D eigenvalue weighted by molar-refractivity contribution is 5.89. The smallest absolute Gasteiger partial charge is 0.309 e. The summed E-state index contributed by atoms with van der Waals surface area (Å²) in [6.07, 6.45) is 1.31. The van der Waals surface area contributed by atoms with Crippen molar-refractivity contribution in [2.24, 2.45) is 0 Å². The van der Waals surface area contributed by atoms with E-state index in [2.05, 4.69) is 10.9 Å². The number of nitrogens with zero attached hydrogens (tertiary/aromatic N) is 2. The molecule has 0 saturated carbocycles. The predicted octanol–water partition coefficient (Wildman–Crippen LogP) is -0.798. The third kappa shape index (κ3) is 2.10. The summed E-state index contributed by atoms with van der Waals surface area (Å²) in [4.78, 5) is 35.8. The highest BCUT2D eigenvalue weighted by Gasteiger charge is 2.46. The van der Waals surface area contributed by atoms with Gasteiger partial charge in [0.2, 0.25) is 5.91 Å². The second kappa shape index (κ2) is 4.81. The van der Waals surface area contributed by atoms with Crippen LogP contribution in [-0.4, -0.2) is 51.6 Å². The van der Waals surface area contributed by atoms with Crippen molar-refractivity contribution in [3.05, 3.63) is 0 Å². The maximum Gasteiger partial charge on any atom is 0.344 e. The number of hydroxylamine groups is 2. The quantitative estimate of drug-likeness (QED) is 0.444. The lowest BCUT2D eigenvalue weighted by Gasteiger charge is -2.29. The summed E-state index contributed by atoms with van der Waals surface area (Å²) in [5, 5.41) is 10.1. The molecule has 2 fully saturated rings. The van der Waals surface area contributed by atoms with Gasteiger partial charge in [0.25, 0.3) is 5.91 Å². The van der Waals surface area contributed by atoms with E-state index >= 15 is 0 Å². The Morgan fingerprint density at radius 2 is 2.11 bits per heavy atom. The van der Waals surface area contributed by atoms with Gasteiger partial charge in [-0.3, -0.25) is 25.6 Å². The summed E-state index contributed by atoms with van der Waals surface area (Å²) < 4.78 is 0. The van der Waals surface area contributed by atoms with Crippen LogP contribution in [0.1, 0.15) is 26.2 Å². The van der Waals surface area contributed by atoms with Gasteiger partial charge in [0.05, 0.1) is 6.04 Å². The second-order valence-corrected chi connectivity index (χ2v) is 4.42. The SMILES string of the molecule is CCC(=O)NNC(=O)C1CCC2CN1C(=O)N2O. The van der Waals surface area contributed by atoms with E-state index in [-0.39, 0.29) is 18.4 Å². The summed E-state index contributed by atoms with van der Waals surface area (Å²) in [5.41, 5.74) is 4.55. The molecular formula is C10H16N4O4. The van der Waals surface area contributed by atoms with Crippen LogP contribution in [0.25, 0.3) is 0 Å². The van der Waals surface area contributed by atoms with Crippen LogP contribution in [0.2, 0.25) is 0 Å². The molecule has 0 radical (unpaired) electrons. The Morgan fingerprint density at radius 3 is 2.78 bits per heavy atom. The number of amides is 4. The Kier molecular flexibility index (Phi) is 3.37. The van der Waals surface area contributed by atoms with Crippen molar-refractivity contribution in [2.75, 3.05) is 6.54 Å². The molecule has 2 bridgehead atoms. The minimum atomic E-state index is -0.636. The molecule has 0 spiro atoms. The highest BCUT2D eigenvalue weighted by Crippen LogP contribution is 2.28. The average molecular weight is 256 g/mol. The molecule has 3 N–H and O–H groups in total. The van der Waals surface area contributed by atoms with Crippen molar-refractivity contribution in [1.82, 2.24) is 20.8 Å². The molecule has 8 heteroatoms. The summed E-state index contributed by atoms with van der Waals surface area (Å²) in [5.74, 6) is -0.729. The van der Waals surface area contributed by atoms with E-state index in [9.17, 15) is 19.6 Å². The number of carbonyl (C=O) groups is 3. The number of hydrogen-bond donors (Lipinski definition) is 3. The molecule has 2 unspecified atom stereocenters. The maximum absolute atomic E-state index is 11.8. The van der Waals surface area contributed by atoms with Gasteiger partial charge in [-0.25, -0.2) is 9.86 Å². The second-order valence-electron chi connectivity index (χ2n) is 4.42. The van der Waals surface area contributed by atoms with E-state index < -0.39 is 18.0 Å². The lowest BCUT2D eigenvalue weighted by atomic mass is 10.0. The van der Waals surface area contributed by atoms with Gasteiger partial charge in [-0.05, 0) is 12.8 Å². The van der Waals surface area contributed by atoms with Crippen molar-refractivity contribution in [1.29, 1.82) is 0 Å². The van der Waals surface area contributed by atoms with Gasteiger partial charge in [-0.1, -0.05) is 6.92 Å². The highest BCUT2D eigenvalue weighted by atomic mass is 16.5. The van der Waals surface area contributed by atoms with Gasteiger partial charge < -0.3 is 4.90 Å². The average Bonchev–Trinajstić information content (AvgIpc) is 2.61. The zero-order valence-corrected chi connectivity index (χ0v) is 10.0. The molecule has 100 valence electrons.